The van der Waals surface area contributed by atoms with Crippen LogP contribution >= 0.6 is 12.2 Å². The van der Waals surface area contributed by atoms with Crippen LogP contribution in [-0.4, -0.2) is 48.5 Å². The predicted octanol–water partition coefficient (Wildman–Crippen LogP) is 4.30. The summed E-state index contributed by atoms with van der Waals surface area (Å²) in [4.78, 5) is 0. The van der Waals surface area contributed by atoms with Gasteiger partial charge < -0.3 is 18.9 Å². The fourth-order valence-electron chi connectivity index (χ4n) is 2.87. The van der Waals surface area contributed by atoms with Crippen molar-refractivity contribution in [2.45, 2.75) is 20.0 Å². The molecule has 0 fully saturated rings. The van der Waals surface area contributed by atoms with Gasteiger partial charge in [-0.3, -0.25) is 0 Å². The number of benzene rings is 2. The highest BCUT2D eigenvalue weighted by Gasteiger charge is 2.13. The minimum absolute atomic E-state index is 0.0686. The summed E-state index contributed by atoms with van der Waals surface area (Å²) in [6.07, 6.45) is 1.72. The Morgan fingerprint density at radius 3 is 2.37 bits per heavy atom. The fourth-order valence-corrected chi connectivity index (χ4v) is 3.05. The van der Waals surface area contributed by atoms with Crippen LogP contribution in [0, 0.1) is 4.77 Å². The van der Waals surface area contributed by atoms with Crippen molar-refractivity contribution in [2.24, 2.45) is 5.10 Å². The second-order valence-electron chi connectivity index (χ2n) is 6.56. The molecule has 0 radical (unpaired) electrons. The minimum Gasteiger partial charge on any atom is -0.493 e. The molecule has 0 saturated carbocycles. The molecule has 0 aliphatic rings. The predicted molar refractivity (Wildman–Crippen MR) is 118 cm³/mol. The first-order valence-electron chi connectivity index (χ1n) is 9.25. The van der Waals surface area contributed by atoms with Gasteiger partial charge in [0, 0.05) is 11.1 Å². The first kappa shape index (κ1) is 21.4. The average Bonchev–Trinajstić information content (AvgIpc) is 3.11. The van der Waals surface area contributed by atoms with Gasteiger partial charge in [-0.05, 0) is 50.3 Å². The van der Waals surface area contributed by atoms with Gasteiger partial charge >= 0.3 is 0 Å². The monoisotopic (exact) mass is 428 g/mol. The van der Waals surface area contributed by atoms with E-state index in [4.69, 9.17) is 31.2 Å². The van der Waals surface area contributed by atoms with Crippen molar-refractivity contribution in [3.63, 3.8) is 0 Å². The lowest BCUT2D eigenvalue weighted by Crippen LogP contribution is -2.05. The van der Waals surface area contributed by atoms with E-state index in [1.54, 1.807) is 44.4 Å². The van der Waals surface area contributed by atoms with Crippen LogP contribution in [0.5, 0.6) is 23.0 Å². The molecule has 0 unspecified atom stereocenters. The third kappa shape index (κ3) is 4.62. The number of methoxy groups -OCH3 is 3. The van der Waals surface area contributed by atoms with Gasteiger partial charge in [-0.2, -0.15) is 14.9 Å². The third-order valence-electron chi connectivity index (χ3n) is 4.12. The standard InChI is InChI=1S/C21H24N4O4S/c1-13(2)29-16-8-6-7-15(11-16)20-23-24-21(30)25(20)22-12-14-9-17(26-3)19(28-5)18(10-14)27-4/h6-13H,1-5H3,(H,24,30)/b22-12-. The molecule has 0 bridgehead atoms. The number of nitrogens with zero attached hydrogens (tertiary/aromatic N) is 3. The zero-order valence-corrected chi connectivity index (χ0v) is 18.3. The van der Waals surface area contributed by atoms with Gasteiger partial charge in [0.15, 0.2) is 17.3 Å². The Balaban J connectivity index is 1.99. The first-order valence-corrected chi connectivity index (χ1v) is 9.66. The van der Waals surface area contributed by atoms with Gasteiger partial charge in [-0.25, -0.2) is 5.10 Å². The van der Waals surface area contributed by atoms with Crippen molar-refractivity contribution < 1.29 is 18.9 Å². The largest absolute Gasteiger partial charge is 0.493 e. The Kier molecular flexibility index (Phi) is 6.73. The highest BCUT2D eigenvalue weighted by Crippen LogP contribution is 2.37. The number of aromatic amines is 1. The van der Waals surface area contributed by atoms with Crippen molar-refractivity contribution in [1.82, 2.24) is 14.9 Å². The van der Waals surface area contributed by atoms with E-state index in [-0.39, 0.29) is 6.10 Å². The summed E-state index contributed by atoms with van der Waals surface area (Å²) in [5, 5.41) is 11.6. The van der Waals surface area contributed by atoms with Crippen LogP contribution in [0.25, 0.3) is 11.4 Å². The molecule has 3 aromatic rings. The van der Waals surface area contributed by atoms with Crippen molar-refractivity contribution in [1.29, 1.82) is 0 Å². The van der Waals surface area contributed by atoms with E-state index in [1.165, 1.54) is 0 Å². The quantitative estimate of drug-likeness (QED) is 0.425. The molecule has 0 atom stereocenters. The Bertz CT molecular complexity index is 1080. The molecule has 30 heavy (non-hydrogen) atoms. The highest BCUT2D eigenvalue weighted by molar-refractivity contribution is 7.71. The summed E-state index contributed by atoms with van der Waals surface area (Å²) in [6, 6.07) is 11.2. The van der Waals surface area contributed by atoms with Crippen LogP contribution in [0.1, 0.15) is 19.4 Å². The molecule has 0 aliphatic carbocycles. The normalized spacial score (nSPS) is 11.1. The van der Waals surface area contributed by atoms with Crippen molar-refractivity contribution in [3.8, 4) is 34.4 Å². The minimum atomic E-state index is 0.0686. The van der Waals surface area contributed by atoms with Crippen LogP contribution < -0.4 is 18.9 Å². The molecular formula is C21H24N4O4S. The summed E-state index contributed by atoms with van der Waals surface area (Å²) in [6.45, 7) is 3.95. The first-order chi connectivity index (χ1) is 14.5. The van der Waals surface area contributed by atoms with Crippen molar-refractivity contribution in [2.75, 3.05) is 21.3 Å². The number of hydrogen-bond acceptors (Lipinski definition) is 7. The topological polar surface area (TPSA) is 82.9 Å². The lowest BCUT2D eigenvalue weighted by Gasteiger charge is -2.12. The lowest BCUT2D eigenvalue weighted by molar-refractivity contribution is 0.242. The Labute approximate surface area is 180 Å². The second kappa shape index (κ2) is 9.45. The molecule has 9 heteroatoms. The SMILES string of the molecule is COc1cc(/C=N\n2c(-c3cccc(OC(C)C)c3)n[nH]c2=S)cc(OC)c1OC. The van der Waals surface area contributed by atoms with Crippen molar-refractivity contribution >= 4 is 18.4 Å². The van der Waals surface area contributed by atoms with Crippen LogP contribution in [0.3, 0.4) is 0 Å². The number of nitrogens with one attached hydrogen (secondary N) is 1. The maximum atomic E-state index is 5.77. The molecular weight excluding hydrogens is 404 g/mol. The molecule has 1 aromatic heterocycles. The van der Waals surface area contributed by atoms with Gasteiger partial charge in [-0.15, -0.1) is 0 Å². The molecule has 1 heterocycles. The van der Waals surface area contributed by atoms with E-state index in [0.717, 1.165) is 16.9 Å². The summed E-state index contributed by atoms with van der Waals surface area (Å²) in [5.74, 6) is 2.90. The molecule has 3 rings (SSSR count). The zero-order valence-electron chi connectivity index (χ0n) is 17.5. The van der Waals surface area contributed by atoms with Gasteiger partial charge in [0.05, 0.1) is 33.6 Å². The summed E-state index contributed by atoms with van der Waals surface area (Å²) in [7, 11) is 4.69. The van der Waals surface area contributed by atoms with E-state index in [1.807, 2.05) is 38.1 Å². The van der Waals surface area contributed by atoms with E-state index in [9.17, 15) is 0 Å². The third-order valence-corrected chi connectivity index (χ3v) is 4.39. The van der Waals surface area contributed by atoms with Crippen LogP contribution in [0.4, 0.5) is 0 Å². The molecule has 0 amide bonds. The molecule has 158 valence electrons. The smallest absolute Gasteiger partial charge is 0.216 e. The molecule has 1 N–H and O–H groups in total. The maximum absolute atomic E-state index is 5.77. The summed E-state index contributed by atoms with van der Waals surface area (Å²) in [5.41, 5.74) is 1.57. The van der Waals surface area contributed by atoms with E-state index >= 15 is 0 Å². The summed E-state index contributed by atoms with van der Waals surface area (Å²) >= 11 is 5.36. The summed E-state index contributed by atoms with van der Waals surface area (Å²) < 4.78 is 23.8. The lowest BCUT2D eigenvalue weighted by atomic mass is 10.2. The molecule has 8 nitrogen and oxygen atoms in total. The highest BCUT2D eigenvalue weighted by atomic mass is 32.1. The number of ether oxygens (including phenoxy) is 4. The Morgan fingerprint density at radius 2 is 1.77 bits per heavy atom. The van der Waals surface area contributed by atoms with Crippen LogP contribution in [0.2, 0.25) is 0 Å². The van der Waals surface area contributed by atoms with Crippen molar-refractivity contribution in [3.05, 3.63) is 46.7 Å². The average molecular weight is 429 g/mol. The van der Waals surface area contributed by atoms with Crippen LogP contribution in [-0.2, 0) is 0 Å². The Morgan fingerprint density at radius 1 is 1.07 bits per heavy atom. The molecule has 0 spiro atoms. The maximum Gasteiger partial charge on any atom is 0.216 e. The van der Waals surface area contributed by atoms with Gasteiger partial charge in [0.2, 0.25) is 10.5 Å². The van der Waals surface area contributed by atoms with Gasteiger partial charge in [-0.1, -0.05) is 12.1 Å². The fraction of sp³-hybridized carbons (Fsp3) is 0.286. The number of hydrogen-bond donors (Lipinski definition) is 1. The van der Waals surface area contributed by atoms with E-state index in [0.29, 0.717) is 27.8 Å². The number of aromatic nitrogens is 3. The van der Waals surface area contributed by atoms with Gasteiger partial charge in [0.25, 0.3) is 0 Å². The molecule has 0 saturated heterocycles. The molecule has 0 aliphatic heterocycles. The van der Waals surface area contributed by atoms with E-state index in [2.05, 4.69) is 15.3 Å². The number of rotatable bonds is 8. The van der Waals surface area contributed by atoms with Gasteiger partial charge in [0.1, 0.15) is 5.75 Å². The zero-order chi connectivity index (χ0) is 21.7. The Hall–Kier alpha value is -3.33. The second-order valence-corrected chi connectivity index (χ2v) is 6.95. The molecule has 2 aromatic carbocycles. The number of H-pyrrole nitrogens is 1. The van der Waals surface area contributed by atoms with Crippen LogP contribution in [0.15, 0.2) is 41.5 Å². The van der Waals surface area contributed by atoms with E-state index < -0.39 is 0 Å².